The molecule has 1 aliphatic rings. The van der Waals surface area contributed by atoms with Crippen LogP contribution in [-0.4, -0.2) is 77.2 Å². The lowest BCUT2D eigenvalue weighted by Gasteiger charge is -2.25. The van der Waals surface area contributed by atoms with Crippen molar-refractivity contribution in [2.24, 2.45) is 17.2 Å². The molecule has 4 atom stereocenters. The van der Waals surface area contributed by atoms with Gasteiger partial charge in [-0.1, -0.05) is 0 Å². The summed E-state index contributed by atoms with van der Waals surface area (Å²) in [4.78, 5) is 83.0. The molecule has 0 aliphatic carbocycles. The number of hydrogen-bond donors (Lipinski definition) is 8. The largest absolute Gasteiger partial charge is 0.480 e. The highest BCUT2D eigenvalue weighted by Crippen LogP contribution is 2.08. The molecular formula is C20H33N7O8. The number of aliphatic carboxylic acids is 1. The van der Waals surface area contributed by atoms with Gasteiger partial charge in [0.2, 0.25) is 35.4 Å². The molecule has 6 amide bonds. The number of carbonyl (C=O) groups excluding carboxylic acids is 6. The molecule has 0 saturated carbocycles. The predicted molar refractivity (Wildman–Crippen MR) is 120 cm³/mol. The number of carbonyl (C=O) groups is 7. The zero-order chi connectivity index (χ0) is 26.5. The molecule has 1 aliphatic heterocycles. The minimum Gasteiger partial charge on any atom is -0.480 e. The number of amides is 6. The van der Waals surface area contributed by atoms with Crippen molar-refractivity contribution in [3.63, 3.8) is 0 Å². The molecule has 15 nitrogen and oxygen atoms in total. The Morgan fingerprint density at radius 1 is 0.743 bits per heavy atom. The Morgan fingerprint density at radius 2 is 1.17 bits per heavy atom. The summed E-state index contributed by atoms with van der Waals surface area (Å²) in [5.74, 6) is -5.95. The van der Waals surface area contributed by atoms with Crippen molar-refractivity contribution in [3.8, 4) is 0 Å². The molecule has 35 heavy (non-hydrogen) atoms. The van der Waals surface area contributed by atoms with E-state index in [0.29, 0.717) is 13.0 Å². The van der Waals surface area contributed by atoms with Crippen LogP contribution in [0.1, 0.15) is 51.4 Å². The second-order valence-electron chi connectivity index (χ2n) is 8.19. The van der Waals surface area contributed by atoms with E-state index in [4.69, 9.17) is 17.2 Å². The summed E-state index contributed by atoms with van der Waals surface area (Å²) in [7, 11) is 0. The van der Waals surface area contributed by atoms with Gasteiger partial charge in [-0.15, -0.1) is 0 Å². The van der Waals surface area contributed by atoms with Gasteiger partial charge >= 0.3 is 5.97 Å². The molecule has 0 spiro atoms. The third-order valence-corrected chi connectivity index (χ3v) is 5.30. The zero-order valence-electron chi connectivity index (χ0n) is 19.2. The predicted octanol–water partition coefficient (Wildman–Crippen LogP) is -3.93. The zero-order valence-corrected chi connectivity index (χ0v) is 19.2. The van der Waals surface area contributed by atoms with E-state index in [1.54, 1.807) is 0 Å². The first-order chi connectivity index (χ1) is 16.4. The lowest BCUT2D eigenvalue weighted by molar-refractivity contribution is -0.142. The van der Waals surface area contributed by atoms with Crippen LogP contribution in [0.4, 0.5) is 0 Å². The Labute approximate surface area is 201 Å². The van der Waals surface area contributed by atoms with Gasteiger partial charge in [-0.25, -0.2) is 4.79 Å². The summed E-state index contributed by atoms with van der Waals surface area (Å²) < 4.78 is 0. The molecule has 0 bridgehead atoms. The monoisotopic (exact) mass is 499 g/mol. The minimum absolute atomic E-state index is 0.153. The minimum atomic E-state index is -1.48. The van der Waals surface area contributed by atoms with Crippen molar-refractivity contribution in [2.45, 2.75) is 75.5 Å². The summed E-state index contributed by atoms with van der Waals surface area (Å²) in [5.41, 5.74) is 15.3. The average Bonchev–Trinajstić information content (AvgIpc) is 3.30. The smallest absolute Gasteiger partial charge is 0.326 e. The van der Waals surface area contributed by atoms with E-state index in [1.807, 2.05) is 0 Å². The number of primary amides is 3. The van der Waals surface area contributed by atoms with Crippen molar-refractivity contribution in [1.82, 2.24) is 21.3 Å². The first-order valence-corrected chi connectivity index (χ1v) is 11.1. The van der Waals surface area contributed by atoms with Gasteiger partial charge in [-0.3, -0.25) is 28.8 Å². The Kier molecular flexibility index (Phi) is 12.1. The first kappa shape index (κ1) is 29.3. The molecule has 4 unspecified atom stereocenters. The number of nitrogens with two attached hydrogens (primary N) is 3. The molecule has 0 radical (unpaired) electrons. The fourth-order valence-corrected chi connectivity index (χ4v) is 3.38. The van der Waals surface area contributed by atoms with Gasteiger partial charge in [0, 0.05) is 19.3 Å². The second kappa shape index (κ2) is 14.5. The van der Waals surface area contributed by atoms with Crippen LogP contribution in [0.15, 0.2) is 0 Å². The lowest BCUT2D eigenvalue weighted by atomic mass is 10.1. The van der Waals surface area contributed by atoms with Crippen molar-refractivity contribution in [3.05, 3.63) is 0 Å². The van der Waals surface area contributed by atoms with Crippen molar-refractivity contribution < 1.29 is 38.7 Å². The van der Waals surface area contributed by atoms with Gasteiger partial charge in [0.15, 0.2) is 0 Å². The van der Waals surface area contributed by atoms with Crippen LogP contribution >= 0.6 is 0 Å². The summed E-state index contributed by atoms with van der Waals surface area (Å²) in [6, 6.07) is -4.63. The van der Waals surface area contributed by atoms with Gasteiger partial charge in [-0.2, -0.15) is 0 Å². The van der Waals surface area contributed by atoms with E-state index in [2.05, 4.69) is 21.3 Å². The van der Waals surface area contributed by atoms with Crippen LogP contribution in [0.3, 0.4) is 0 Å². The van der Waals surface area contributed by atoms with Crippen molar-refractivity contribution >= 4 is 41.4 Å². The van der Waals surface area contributed by atoms with Gasteiger partial charge in [0.25, 0.3) is 0 Å². The van der Waals surface area contributed by atoms with Crippen LogP contribution in [0.2, 0.25) is 0 Å². The third-order valence-electron chi connectivity index (χ3n) is 5.30. The Bertz CT molecular complexity index is 828. The van der Waals surface area contributed by atoms with Crippen LogP contribution in [0, 0.1) is 0 Å². The maximum Gasteiger partial charge on any atom is 0.326 e. The van der Waals surface area contributed by atoms with Crippen LogP contribution in [0.25, 0.3) is 0 Å². The average molecular weight is 500 g/mol. The van der Waals surface area contributed by atoms with Crippen LogP contribution in [0.5, 0.6) is 0 Å². The van der Waals surface area contributed by atoms with E-state index < -0.39 is 65.6 Å². The molecule has 0 aromatic carbocycles. The maximum atomic E-state index is 12.9. The normalized spacial score (nSPS) is 17.4. The molecule has 0 aromatic heterocycles. The number of nitrogens with one attached hydrogen (secondary N) is 4. The summed E-state index contributed by atoms with van der Waals surface area (Å²) in [6.07, 6.45) is -0.251. The van der Waals surface area contributed by atoms with E-state index in [0.717, 1.165) is 6.42 Å². The van der Waals surface area contributed by atoms with Crippen molar-refractivity contribution in [2.75, 3.05) is 6.54 Å². The van der Waals surface area contributed by atoms with Gasteiger partial charge < -0.3 is 43.6 Å². The summed E-state index contributed by atoms with van der Waals surface area (Å²) >= 11 is 0. The molecule has 0 aromatic rings. The van der Waals surface area contributed by atoms with E-state index in [1.165, 1.54) is 0 Å². The highest BCUT2D eigenvalue weighted by molar-refractivity contribution is 5.94. The first-order valence-electron chi connectivity index (χ1n) is 11.1. The quantitative estimate of drug-likeness (QED) is 0.103. The molecule has 11 N–H and O–H groups in total. The van der Waals surface area contributed by atoms with Crippen LogP contribution in [-0.2, 0) is 33.6 Å². The Balaban J connectivity index is 2.97. The highest BCUT2D eigenvalue weighted by Gasteiger charge is 2.31. The van der Waals surface area contributed by atoms with Gasteiger partial charge in [0.05, 0.1) is 6.04 Å². The molecule has 1 saturated heterocycles. The number of carboxylic acids is 1. The molecule has 1 rings (SSSR count). The number of hydrogen-bond acceptors (Lipinski definition) is 8. The van der Waals surface area contributed by atoms with Crippen LogP contribution < -0.4 is 38.5 Å². The van der Waals surface area contributed by atoms with E-state index in [9.17, 15) is 38.7 Å². The SMILES string of the molecule is NC(=O)CCC(NC(=O)C(CCC(N)=O)NC(=O)C(CCC(N)=O)NC(=O)C1CCCN1)C(=O)O. The molecular weight excluding hydrogens is 466 g/mol. The number of rotatable bonds is 16. The molecule has 196 valence electrons. The van der Waals surface area contributed by atoms with Crippen molar-refractivity contribution in [1.29, 1.82) is 0 Å². The second-order valence-corrected chi connectivity index (χ2v) is 8.19. The van der Waals surface area contributed by atoms with Gasteiger partial charge in [-0.05, 0) is 38.6 Å². The summed E-state index contributed by atoms with van der Waals surface area (Å²) in [6.45, 7) is 0.631. The van der Waals surface area contributed by atoms with Gasteiger partial charge in [0.1, 0.15) is 18.1 Å². The standard InChI is InChI=1S/C20H33N7O8/c21-14(28)6-3-11(25-17(31)10-2-1-9-24-10)18(32)26-12(4-7-15(22)29)19(33)27-13(20(34)35)5-8-16(23)30/h10-13,24H,1-9H2,(H2,21,28)(H2,22,29)(H2,23,30)(H,25,31)(H,26,32)(H,27,33)(H,34,35). The fourth-order valence-electron chi connectivity index (χ4n) is 3.38. The van der Waals surface area contributed by atoms with E-state index >= 15 is 0 Å². The fraction of sp³-hybridized carbons (Fsp3) is 0.650. The Morgan fingerprint density at radius 3 is 1.57 bits per heavy atom. The topological polar surface area (TPSA) is 266 Å². The Hall–Kier alpha value is -3.75. The molecule has 1 heterocycles. The molecule has 1 fully saturated rings. The van der Waals surface area contributed by atoms with E-state index in [-0.39, 0.29) is 38.5 Å². The maximum absolute atomic E-state index is 12.9. The highest BCUT2D eigenvalue weighted by atomic mass is 16.4. The summed E-state index contributed by atoms with van der Waals surface area (Å²) in [5, 5.41) is 19.4. The lowest BCUT2D eigenvalue weighted by Crippen LogP contribution is -2.57. The molecule has 15 heteroatoms. The number of carboxylic acid groups (broad SMARTS) is 1. The third kappa shape index (κ3) is 11.3.